The molecule has 1 atom stereocenters. The lowest BCUT2D eigenvalue weighted by Gasteiger charge is -2.32. The minimum atomic E-state index is -3.99. The van der Waals surface area contributed by atoms with Crippen LogP contribution in [-0.4, -0.2) is 55.1 Å². The van der Waals surface area contributed by atoms with E-state index in [1.165, 1.54) is 18.0 Å². The Morgan fingerprint density at radius 2 is 1.57 bits per heavy atom. The molecular formula is C27H31Cl2N3O4S. The molecule has 0 aliphatic carbocycles. The number of hydrogen-bond donors (Lipinski definition) is 1. The highest BCUT2D eigenvalue weighted by molar-refractivity contribution is 7.89. The third-order valence-corrected chi connectivity index (χ3v) is 8.50. The van der Waals surface area contributed by atoms with Gasteiger partial charge >= 0.3 is 0 Å². The van der Waals surface area contributed by atoms with Crippen molar-refractivity contribution in [1.29, 1.82) is 0 Å². The van der Waals surface area contributed by atoms with Gasteiger partial charge in [-0.25, -0.2) is 8.42 Å². The molecule has 2 amide bonds. The summed E-state index contributed by atoms with van der Waals surface area (Å²) in [7, 11) is -2.64. The summed E-state index contributed by atoms with van der Waals surface area (Å²) in [5, 5.41) is 5.22. The van der Waals surface area contributed by atoms with Gasteiger partial charge in [0.15, 0.2) is 0 Å². The number of halogens is 2. The highest BCUT2D eigenvalue weighted by Crippen LogP contribution is 2.27. The van der Waals surface area contributed by atoms with Crippen LogP contribution in [0.15, 0.2) is 65.6 Å². The molecule has 0 unspecified atom stereocenters. The minimum Gasteiger partial charge on any atom is -0.352 e. The fourth-order valence-electron chi connectivity index (χ4n) is 4.03. The first-order valence-corrected chi connectivity index (χ1v) is 14.1. The van der Waals surface area contributed by atoms with Crippen molar-refractivity contribution >= 4 is 55.8 Å². The maximum absolute atomic E-state index is 13.6. The van der Waals surface area contributed by atoms with E-state index >= 15 is 0 Å². The lowest BCUT2D eigenvalue weighted by atomic mass is 10.1. The molecule has 0 bridgehead atoms. The van der Waals surface area contributed by atoms with Gasteiger partial charge in [0.05, 0.1) is 11.4 Å². The monoisotopic (exact) mass is 563 g/mol. The summed E-state index contributed by atoms with van der Waals surface area (Å²) in [5.41, 5.74) is 0.481. The summed E-state index contributed by atoms with van der Waals surface area (Å²) < 4.78 is 27.7. The molecule has 3 rings (SSSR count). The first-order chi connectivity index (χ1) is 17.4. The average Bonchev–Trinajstić information content (AvgIpc) is 2.84. The standard InChI is InChI=1S/C27H31Cl2N3O4S/c1-5-25(27(34)30-18(2)3)32(16-22-23(28)11-8-12-24(22)29)26(33)17-31(4)37(35,36)21-14-13-19-9-6-7-10-20(19)15-21/h6-15,18,25H,5,16-17H2,1-4H3,(H,30,34)/t25-/m1/s1. The third kappa shape index (κ3) is 6.82. The summed E-state index contributed by atoms with van der Waals surface area (Å²) >= 11 is 12.7. The van der Waals surface area contributed by atoms with Crippen molar-refractivity contribution in [3.05, 3.63) is 76.3 Å². The molecule has 3 aromatic rings. The zero-order valence-corrected chi connectivity index (χ0v) is 23.6. The van der Waals surface area contributed by atoms with Crippen LogP contribution in [0.3, 0.4) is 0 Å². The highest BCUT2D eigenvalue weighted by atomic mass is 35.5. The van der Waals surface area contributed by atoms with Gasteiger partial charge in [-0.1, -0.05) is 66.5 Å². The number of hydrogen-bond acceptors (Lipinski definition) is 4. The number of likely N-dealkylation sites (N-methyl/N-ethyl adjacent to an activating group) is 1. The van der Waals surface area contributed by atoms with Crippen molar-refractivity contribution in [3.63, 3.8) is 0 Å². The number of fused-ring (bicyclic) bond motifs is 1. The maximum Gasteiger partial charge on any atom is 0.243 e. The van der Waals surface area contributed by atoms with Gasteiger partial charge in [-0.15, -0.1) is 0 Å². The number of amides is 2. The van der Waals surface area contributed by atoms with Crippen LogP contribution >= 0.6 is 23.2 Å². The molecule has 0 aliphatic rings. The van der Waals surface area contributed by atoms with Gasteiger partial charge < -0.3 is 10.2 Å². The molecule has 0 spiro atoms. The molecule has 7 nitrogen and oxygen atoms in total. The Kier molecular flexibility index (Phi) is 9.58. The van der Waals surface area contributed by atoms with Crippen molar-refractivity contribution in [2.24, 2.45) is 0 Å². The van der Waals surface area contributed by atoms with Crippen molar-refractivity contribution in [2.45, 2.75) is 50.7 Å². The summed E-state index contributed by atoms with van der Waals surface area (Å²) in [5.74, 6) is -0.886. The zero-order valence-electron chi connectivity index (χ0n) is 21.2. The predicted octanol–water partition coefficient (Wildman–Crippen LogP) is 5.10. The quantitative estimate of drug-likeness (QED) is 0.371. The number of rotatable bonds is 10. The van der Waals surface area contributed by atoms with E-state index in [2.05, 4.69) is 5.32 Å². The lowest BCUT2D eigenvalue weighted by Crippen LogP contribution is -2.52. The lowest BCUT2D eigenvalue weighted by molar-refractivity contribution is -0.141. The second-order valence-corrected chi connectivity index (χ2v) is 11.9. The average molecular weight is 565 g/mol. The van der Waals surface area contributed by atoms with Gasteiger partial charge in [-0.3, -0.25) is 9.59 Å². The van der Waals surface area contributed by atoms with Crippen LogP contribution in [0.1, 0.15) is 32.8 Å². The van der Waals surface area contributed by atoms with E-state index in [9.17, 15) is 18.0 Å². The topological polar surface area (TPSA) is 86.8 Å². The first kappa shape index (κ1) is 28.9. The Morgan fingerprint density at radius 3 is 2.16 bits per heavy atom. The Hall–Kier alpha value is -2.65. The maximum atomic E-state index is 13.6. The summed E-state index contributed by atoms with van der Waals surface area (Å²) in [6.07, 6.45) is 0.313. The van der Waals surface area contributed by atoms with E-state index in [4.69, 9.17) is 23.2 Å². The molecule has 0 saturated heterocycles. The zero-order chi connectivity index (χ0) is 27.3. The van der Waals surface area contributed by atoms with E-state index in [0.717, 1.165) is 15.1 Å². The van der Waals surface area contributed by atoms with Crippen LogP contribution < -0.4 is 5.32 Å². The fraction of sp³-hybridized carbons (Fsp3) is 0.333. The summed E-state index contributed by atoms with van der Waals surface area (Å²) in [6, 6.07) is 16.3. The van der Waals surface area contributed by atoms with E-state index in [1.807, 2.05) is 38.1 Å². The van der Waals surface area contributed by atoms with E-state index in [1.54, 1.807) is 37.3 Å². The number of sulfonamides is 1. The number of nitrogens with one attached hydrogen (secondary N) is 1. The molecule has 10 heteroatoms. The molecule has 1 N–H and O–H groups in total. The molecule has 198 valence electrons. The van der Waals surface area contributed by atoms with Gasteiger partial charge in [0, 0.05) is 35.2 Å². The number of carbonyl (C=O) groups excluding carboxylic acids is 2. The van der Waals surface area contributed by atoms with Crippen molar-refractivity contribution in [1.82, 2.24) is 14.5 Å². The smallest absolute Gasteiger partial charge is 0.243 e. The summed E-state index contributed by atoms with van der Waals surface area (Å²) in [4.78, 5) is 28.1. The number of nitrogens with zero attached hydrogens (tertiary/aromatic N) is 2. The van der Waals surface area contributed by atoms with Crippen molar-refractivity contribution in [3.8, 4) is 0 Å². The normalized spacial score (nSPS) is 12.6. The molecule has 0 aliphatic heterocycles. The Labute approximate surface area is 228 Å². The van der Waals surface area contributed by atoms with Gasteiger partial charge in [-0.05, 0) is 55.3 Å². The Bertz CT molecular complexity index is 1380. The molecule has 0 aromatic heterocycles. The van der Waals surface area contributed by atoms with Crippen LogP contribution in [-0.2, 0) is 26.2 Å². The van der Waals surface area contributed by atoms with Crippen LogP contribution in [0, 0.1) is 0 Å². The molecule has 3 aromatic carbocycles. The Morgan fingerprint density at radius 1 is 0.946 bits per heavy atom. The summed E-state index contributed by atoms with van der Waals surface area (Å²) in [6.45, 7) is 4.92. The molecule has 0 heterocycles. The van der Waals surface area contributed by atoms with Gasteiger partial charge in [0.1, 0.15) is 6.04 Å². The fourth-order valence-corrected chi connectivity index (χ4v) is 5.70. The van der Waals surface area contributed by atoms with Crippen LogP contribution in [0.5, 0.6) is 0 Å². The van der Waals surface area contributed by atoms with Crippen LogP contribution in [0.2, 0.25) is 10.0 Å². The van der Waals surface area contributed by atoms with Gasteiger partial charge in [0.25, 0.3) is 0 Å². The first-order valence-electron chi connectivity index (χ1n) is 11.9. The van der Waals surface area contributed by atoms with E-state index in [-0.39, 0.29) is 23.4 Å². The second-order valence-electron chi connectivity index (χ2n) is 9.08. The van der Waals surface area contributed by atoms with Crippen molar-refractivity contribution < 1.29 is 18.0 Å². The van der Waals surface area contributed by atoms with E-state index < -0.39 is 28.5 Å². The van der Waals surface area contributed by atoms with Crippen molar-refractivity contribution in [2.75, 3.05) is 13.6 Å². The largest absolute Gasteiger partial charge is 0.352 e. The molecule has 0 radical (unpaired) electrons. The second kappa shape index (κ2) is 12.3. The van der Waals surface area contributed by atoms with Crippen LogP contribution in [0.4, 0.5) is 0 Å². The third-order valence-electron chi connectivity index (χ3n) is 5.99. The minimum absolute atomic E-state index is 0.0504. The van der Waals surface area contributed by atoms with Gasteiger partial charge in [-0.2, -0.15) is 4.31 Å². The van der Waals surface area contributed by atoms with Gasteiger partial charge in [0.2, 0.25) is 21.8 Å². The SMILES string of the molecule is CC[C@H](C(=O)NC(C)C)N(Cc1c(Cl)cccc1Cl)C(=O)CN(C)S(=O)(=O)c1ccc2ccccc2c1. The van der Waals surface area contributed by atoms with E-state index in [0.29, 0.717) is 22.0 Å². The molecule has 37 heavy (non-hydrogen) atoms. The highest BCUT2D eigenvalue weighted by Gasteiger charge is 2.32. The molecule has 0 fully saturated rings. The Balaban J connectivity index is 1.93. The molecular weight excluding hydrogens is 533 g/mol. The predicted molar refractivity (Wildman–Crippen MR) is 148 cm³/mol. The number of benzene rings is 3. The van der Waals surface area contributed by atoms with Crippen LogP contribution in [0.25, 0.3) is 10.8 Å². The molecule has 0 saturated carbocycles. The number of carbonyl (C=O) groups is 2.